The fourth-order valence-corrected chi connectivity index (χ4v) is 4.39. The van der Waals surface area contributed by atoms with Crippen LogP contribution in [0.4, 0.5) is 15.2 Å². The third-order valence-corrected chi connectivity index (χ3v) is 5.78. The molecule has 5 rings (SSSR count). The van der Waals surface area contributed by atoms with Crippen molar-refractivity contribution in [3.05, 3.63) is 42.2 Å². The van der Waals surface area contributed by atoms with Crippen molar-refractivity contribution in [3.63, 3.8) is 0 Å². The smallest absolute Gasteiger partial charge is 0.180 e. The molecule has 4 aromatic rings. The lowest BCUT2D eigenvalue weighted by molar-refractivity contribution is 0.132. The van der Waals surface area contributed by atoms with Gasteiger partial charge in [0.15, 0.2) is 11.5 Å². The fraction of sp³-hybridized carbons (Fsp3) is 0.368. The van der Waals surface area contributed by atoms with E-state index in [1.54, 1.807) is 6.20 Å². The van der Waals surface area contributed by atoms with E-state index in [1.807, 2.05) is 36.0 Å². The number of halogens is 2. The minimum Gasteiger partial charge on any atom is -0.328 e. The van der Waals surface area contributed by atoms with Crippen LogP contribution < -0.4 is 5.32 Å². The molecular formula is C19H22ClFN8S. The molecule has 11 heteroatoms. The molecule has 1 aliphatic rings. The van der Waals surface area contributed by atoms with Crippen molar-refractivity contribution in [3.8, 4) is 11.3 Å². The molecule has 0 aliphatic carbocycles. The maximum atomic E-state index is 13.6. The second kappa shape index (κ2) is 8.66. The SMILES string of the molecule is Cc1cn2c(-c3cn[nH]c3)cnc2c(Nc2cc(CN3CCCC(F)C3)ns2)n1.Cl. The number of piperidine rings is 1. The Hall–Kier alpha value is -2.56. The van der Waals surface area contributed by atoms with Gasteiger partial charge in [-0.25, -0.2) is 14.4 Å². The van der Waals surface area contributed by atoms with Gasteiger partial charge in [0.1, 0.15) is 11.2 Å². The highest BCUT2D eigenvalue weighted by Crippen LogP contribution is 2.28. The Kier molecular flexibility index (Phi) is 5.98. The van der Waals surface area contributed by atoms with E-state index in [9.17, 15) is 4.39 Å². The number of H-pyrrole nitrogens is 1. The summed E-state index contributed by atoms with van der Waals surface area (Å²) in [5.41, 5.74) is 4.45. The maximum Gasteiger partial charge on any atom is 0.180 e. The summed E-state index contributed by atoms with van der Waals surface area (Å²) < 4.78 is 20.2. The number of nitrogens with zero attached hydrogens (tertiary/aromatic N) is 6. The van der Waals surface area contributed by atoms with Crippen LogP contribution >= 0.6 is 23.9 Å². The average Bonchev–Trinajstić information content (AvgIpc) is 3.42. The van der Waals surface area contributed by atoms with Crippen LogP contribution in [0.2, 0.25) is 0 Å². The van der Waals surface area contributed by atoms with Gasteiger partial charge in [0, 0.05) is 31.0 Å². The molecule has 8 nitrogen and oxygen atoms in total. The number of fused-ring (bicyclic) bond motifs is 1. The lowest BCUT2D eigenvalue weighted by Gasteiger charge is -2.27. The van der Waals surface area contributed by atoms with Gasteiger partial charge < -0.3 is 5.32 Å². The van der Waals surface area contributed by atoms with Crippen molar-refractivity contribution in [2.24, 2.45) is 0 Å². The van der Waals surface area contributed by atoms with Crippen molar-refractivity contribution < 1.29 is 4.39 Å². The molecule has 0 aromatic carbocycles. The van der Waals surface area contributed by atoms with Crippen molar-refractivity contribution in [2.45, 2.75) is 32.5 Å². The molecule has 1 unspecified atom stereocenters. The van der Waals surface area contributed by atoms with Gasteiger partial charge in [-0.05, 0) is 43.9 Å². The number of hydrogen-bond donors (Lipinski definition) is 2. The van der Waals surface area contributed by atoms with Crippen LogP contribution in [0.1, 0.15) is 24.2 Å². The number of likely N-dealkylation sites (tertiary alicyclic amines) is 1. The second-order valence-corrected chi connectivity index (χ2v) is 8.14. The van der Waals surface area contributed by atoms with Gasteiger partial charge in [0.25, 0.3) is 0 Å². The maximum absolute atomic E-state index is 13.6. The minimum atomic E-state index is -0.727. The number of nitrogens with one attached hydrogen (secondary N) is 2. The molecule has 0 bridgehead atoms. The average molecular weight is 449 g/mol. The standard InChI is InChI=1S/C19H21FN8S.ClH/c1-12-9-28-16(13-6-22-23-7-13)8-21-19(28)18(24-12)25-17-5-15(26-29-17)11-27-4-2-3-14(20)10-27;/h5-9,14H,2-4,10-11H2,1H3,(H,22,23)(H,24,25);1H. The summed E-state index contributed by atoms with van der Waals surface area (Å²) in [6.07, 6.45) is 8.22. The monoisotopic (exact) mass is 448 g/mol. The van der Waals surface area contributed by atoms with Gasteiger partial charge in [0.2, 0.25) is 0 Å². The molecular weight excluding hydrogens is 427 g/mol. The highest BCUT2D eigenvalue weighted by molar-refractivity contribution is 7.10. The first-order valence-electron chi connectivity index (χ1n) is 9.58. The molecule has 2 N–H and O–H groups in total. The number of anilines is 2. The fourth-order valence-electron chi connectivity index (χ4n) is 3.73. The zero-order valence-electron chi connectivity index (χ0n) is 16.4. The number of rotatable bonds is 5. The van der Waals surface area contributed by atoms with Gasteiger partial charge in [-0.1, -0.05) is 0 Å². The Morgan fingerprint density at radius 1 is 1.37 bits per heavy atom. The summed E-state index contributed by atoms with van der Waals surface area (Å²) in [4.78, 5) is 11.3. The summed E-state index contributed by atoms with van der Waals surface area (Å²) in [6.45, 7) is 4.03. The molecule has 0 radical (unpaired) electrons. The molecule has 5 heterocycles. The third kappa shape index (κ3) is 4.16. The van der Waals surface area contributed by atoms with E-state index in [4.69, 9.17) is 0 Å². The molecule has 158 valence electrons. The number of hydrogen-bond acceptors (Lipinski definition) is 7. The normalized spacial score (nSPS) is 17.2. The highest BCUT2D eigenvalue weighted by Gasteiger charge is 2.20. The first kappa shape index (κ1) is 20.7. The van der Waals surface area contributed by atoms with Crippen molar-refractivity contribution in [2.75, 3.05) is 18.4 Å². The number of aromatic nitrogens is 6. The summed E-state index contributed by atoms with van der Waals surface area (Å²) in [6, 6.07) is 2.01. The minimum absolute atomic E-state index is 0. The van der Waals surface area contributed by atoms with Crippen LogP contribution in [-0.2, 0) is 6.54 Å². The topological polar surface area (TPSA) is 87.0 Å². The van der Waals surface area contributed by atoms with Crippen LogP contribution in [0.25, 0.3) is 16.9 Å². The molecule has 30 heavy (non-hydrogen) atoms. The molecule has 0 saturated carbocycles. The van der Waals surface area contributed by atoms with Gasteiger partial charge in [-0.3, -0.25) is 14.4 Å². The van der Waals surface area contributed by atoms with Crippen LogP contribution in [-0.4, -0.2) is 53.1 Å². The Morgan fingerprint density at radius 3 is 3.07 bits per heavy atom. The predicted octanol–water partition coefficient (Wildman–Crippen LogP) is 3.98. The Labute approximate surface area is 183 Å². The first-order chi connectivity index (χ1) is 14.2. The van der Waals surface area contributed by atoms with Crippen LogP contribution in [0.3, 0.4) is 0 Å². The number of imidazole rings is 1. The van der Waals surface area contributed by atoms with Gasteiger partial charge in [0.05, 0.1) is 29.5 Å². The van der Waals surface area contributed by atoms with Crippen molar-refractivity contribution in [1.29, 1.82) is 0 Å². The van der Waals surface area contributed by atoms with Crippen molar-refractivity contribution in [1.82, 2.24) is 33.8 Å². The number of alkyl halides is 1. The first-order valence-corrected chi connectivity index (χ1v) is 10.4. The molecule has 1 saturated heterocycles. The van der Waals surface area contributed by atoms with E-state index in [-0.39, 0.29) is 12.4 Å². The van der Waals surface area contributed by atoms with Gasteiger partial charge in [-0.15, -0.1) is 12.4 Å². The quantitative estimate of drug-likeness (QED) is 0.480. The van der Waals surface area contributed by atoms with Gasteiger partial charge >= 0.3 is 0 Å². The Morgan fingerprint density at radius 2 is 2.27 bits per heavy atom. The summed E-state index contributed by atoms with van der Waals surface area (Å²) in [5, 5.41) is 11.1. The Balaban J connectivity index is 0.00000218. The van der Waals surface area contributed by atoms with E-state index >= 15 is 0 Å². The molecule has 4 aromatic heterocycles. The van der Waals surface area contributed by atoms with E-state index in [1.165, 1.54) is 11.5 Å². The van der Waals surface area contributed by atoms with Crippen LogP contribution in [0, 0.1) is 6.92 Å². The third-order valence-electron chi connectivity index (χ3n) is 5.04. The zero-order chi connectivity index (χ0) is 19.8. The van der Waals surface area contributed by atoms with E-state index < -0.39 is 6.17 Å². The molecule has 0 spiro atoms. The second-order valence-electron chi connectivity index (χ2n) is 7.34. The molecule has 1 atom stereocenters. The number of aromatic amines is 1. The van der Waals surface area contributed by atoms with E-state index in [0.29, 0.717) is 25.3 Å². The summed E-state index contributed by atoms with van der Waals surface area (Å²) >= 11 is 1.38. The summed E-state index contributed by atoms with van der Waals surface area (Å²) in [7, 11) is 0. The highest BCUT2D eigenvalue weighted by atomic mass is 35.5. The van der Waals surface area contributed by atoms with Crippen LogP contribution in [0.5, 0.6) is 0 Å². The molecule has 1 aliphatic heterocycles. The zero-order valence-corrected chi connectivity index (χ0v) is 18.0. The lowest BCUT2D eigenvalue weighted by Crippen LogP contribution is -2.35. The molecule has 1 fully saturated rings. The Bertz CT molecular complexity index is 1130. The predicted molar refractivity (Wildman–Crippen MR) is 117 cm³/mol. The van der Waals surface area contributed by atoms with E-state index in [0.717, 1.165) is 46.3 Å². The van der Waals surface area contributed by atoms with E-state index in [2.05, 4.69) is 34.8 Å². The van der Waals surface area contributed by atoms with Crippen LogP contribution in [0.15, 0.2) is 30.9 Å². The van der Waals surface area contributed by atoms with Gasteiger partial charge in [-0.2, -0.15) is 9.47 Å². The lowest BCUT2D eigenvalue weighted by atomic mass is 10.1. The van der Waals surface area contributed by atoms with Crippen molar-refractivity contribution >= 4 is 40.4 Å². The largest absolute Gasteiger partial charge is 0.328 e. The summed E-state index contributed by atoms with van der Waals surface area (Å²) in [5.74, 6) is 0.678. The molecule has 0 amide bonds. The number of aryl methyl sites for hydroxylation is 1.